The van der Waals surface area contributed by atoms with Gasteiger partial charge in [-0.25, -0.2) is 4.79 Å². The van der Waals surface area contributed by atoms with Crippen LogP contribution in [0.5, 0.6) is 0 Å². The molecule has 1 fully saturated rings. The Labute approximate surface area is 103 Å². The summed E-state index contributed by atoms with van der Waals surface area (Å²) < 4.78 is 10.6. The predicted octanol–water partition coefficient (Wildman–Crippen LogP) is 1.90. The van der Waals surface area contributed by atoms with Gasteiger partial charge in [0.1, 0.15) is 0 Å². The van der Waals surface area contributed by atoms with Gasteiger partial charge < -0.3 is 14.6 Å². The molecule has 4 nitrogen and oxygen atoms in total. The molecular formula is C13H24O4. The summed E-state index contributed by atoms with van der Waals surface area (Å²) in [5, 5.41) is 9.56. The Balaban J connectivity index is 2.35. The number of carbonyl (C=O) groups is 1. The fraction of sp³-hybridized carbons (Fsp3) is 0.923. The van der Waals surface area contributed by atoms with Crippen LogP contribution in [0.1, 0.15) is 46.5 Å². The van der Waals surface area contributed by atoms with Gasteiger partial charge in [0.2, 0.25) is 0 Å². The molecular weight excluding hydrogens is 220 g/mol. The van der Waals surface area contributed by atoms with E-state index in [4.69, 9.17) is 9.47 Å². The molecule has 0 saturated heterocycles. The maximum absolute atomic E-state index is 11.6. The molecule has 0 aromatic rings. The average Bonchev–Trinajstić information content (AvgIpc) is 2.27. The Morgan fingerprint density at radius 1 is 1.41 bits per heavy atom. The van der Waals surface area contributed by atoms with Crippen molar-refractivity contribution < 1.29 is 19.4 Å². The van der Waals surface area contributed by atoms with E-state index >= 15 is 0 Å². The molecule has 0 aliphatic heterocycles. The van der Waals surface area contributed by atoms with E-state index in [1.807, 2.05) is 0 Å². The topological polar surface area (TPSA) is 55.8 Å². The van der Waals surface area contributed by atoms with E-state index in [0.29, 0.717) is 19.1 Å². The lowest BCUT2D eigenvalue weighted by Crippen LogP contribution is -2.39. The van der Waals surface area contributed by atoms with Crippen molar-refractivity contribution in [3.05, 3.63) is 0 Å². The Morgan fingerprint density at radius 3 is 2.71 bits per heavy atom. The quantitative estimate of drug-likeness (QED) is 0.750. The van der Waals surface area contributed by atoms with Crippen molar-refractivity contribution in [2.75, 3.05) is 13.2 Å². The summed E-state index contributed by atoms with van der Waals surface area (Å²) in [5.41, 5.74) is -0.890. The van der Waals surface area contributed by atoms with Crippen LogP contribution in [0.4, 0.5) is 0 Å². The van der Waals surface area contributed by atoms with Gasteiger partial charge in [0.15, 0.2) is 5.60 Å². The smallest absolute Gasteiger partial charge is 0.337 e. The molecule has 1 rings (SSSR count). The molecule has 17 heavy (non-hydrogen) atoms. The molecule has 0 spiro atoms. The Hall–Kier alpha value is -0.610. The third kappa shape index (κ3) is 4.64. The zero-order valence-electron chi connectivity index (χ0n) is 11.1. The summed E-state index contributed by atoms with van der Waals surface area (Å²) in [6.07, 6.45) is 3.56. The third-order valence-electron chi connectivity index (χ3n) is 3.20. The zero-order valence-corrected chi connectivity index (χ0v) is 11.1. The Morgan fingerprint density at radius 2 is 2.12 bits per heavy atom. The van der Waals surface area contributed by atoms with Crippen LogP contribution < -0.4 is 0 Å². The molecule has 1 aliphatic carbocycles. The number of rotatable bonds is 5. The van der Waals surface area contributed by atoms with Crippen LogP contribution >= 0.6 is 0 Å². The average molecular weight is 244 g/mol. The van der Waals surface area contributed by atoms with Gasteiger partial charge in [-0.3, -0.25) is 0 Å². The van der Waals surface area contributed by atoms with Gasteiger partial charge in [0.05, 0.1) is 19.3 Å². The number of hydrogen-bond acceptors (Lipinski definition) is 4. The van der Waals surface area contributed by atoms with Crippen LogP contribution in [0.25, 0.3) is 0 Å². The summed E-state index contributed by atoms with van der Waals surface area (Å²) in [6.45, 7) is 6.12. The molecule has 1 aliphatic rings. The molecule has 2 atom stereocenters. The van der Waals surface area contributed by atoms with Crippen molar-refractivity contribution in [3.63, 3.8) is 0 Å². The van der Waals surface area contributed by atoms with Crippen LogP contribution in [0.2, 0.25) is 0 Å². The first kappa shape index (κ1) is 14.5. The van der Waals surface area contributed by atoms with Crippen molar-refractivity contribution >= 4 is 5.97 Å². The molecule has 0 radical (unpaired) electrons. The SMILES string of the molecule is CCOC(=O)C(C)(C)OC[C@@H]1CCC[C@H](O)C1. The number of aliphatic hydroxyl groups excluding tert-OH is 1. The van der Waals surface area contributed by atoms with Gasteiger partial charge in [-0.1, -0.05) is 6.42 Å². The number of hydrogen-bond donors (Lipinski definition) is 1. The van der Waals surface area contributed by atoms with Gasteiger partial charge in [0.25, 0.3) is 0 Å². The van der Waals surface area contributed by atoms with Gasteiger partial charge >= 0.3 is 5.97 Å². The molecule has 0 aromatic heterocycles. The largest absolute Gasteiger partial charge is 0.464 e. The van der Waals surface area contributed by atoms with Gasteiger partial charge in [-0.05, 0) is 46.0 Å². The van der Waals surface area contributed by atoms with E-state index in [1.54, 1.807) is 20.8 Å². The minimum absolute atomic E-state index is 0.206. The first-order valence-corrected chi connectivity index (χ1v) is 6.45. The molecule has 1 saturated carbocycles. The molecule has 0 unspecified atom stereocenters. The van der Waals surface area contributed by atoms with E-state index in [1.165, 1.54) is 0 Å². The lowest BCUT2D eigenvalue weighted by Gasteiger charge is -2.29. The molecule has 0 amide bonds. The maximum atomic E-state index is 11.6. The summed E-state index contributed by atoms with van der Waals surface area (Å²) in [5.74, 6) is 0.0313. The summed E-state index contributed by atoms with van der Waals surface area (Å²) in [6, 6.07) is 0. The fourth-order valence-corrected chi connectivity index (χ4v) is 2.10. The van der Waals surface area contributed by atoms with E-state index in [0.717, 1.165) is 25.7 Å². The lowest BCUT2D eigenvalue weighted by atomic mass is 9.88. The second kappa shape index (κ2) is 6.36. The Bertz CT molecular complexity index is 250. The van der Waals surface area contributed by atoms with Crippen molar-refractivity contribution in [2.24, 2.45) is 5.92 Å². The second-order valence-corrected chi connectivity index (χ2v) is 5.23. The maximum Gasteiger partial charge on any atom is 0.337 e. The normalized spacial score (nSPS) is 25.6. The monoisotopic (exact) mass is 244 g/mol. The zero-order chi connectivity index (χ0) is 12.9. The second-order valence-electron chi connectivity index (χ2n) is 5.23. The number of esters is 1. The lowest BCUT2D eigenvalue weighted by molar-refractivity contribution is -0.169. The van der Waals surface area contributed by atoms with E-state index < -0.39 is 5.60 Å². The van der Waals surface area contributed by atoms with Crippen molar-refractivity contribution in [1.82, 2.24) is 0 Å². The highest BCUT2D eigenvalue weighted by Crippen LogP contribution is 2.26. The predicted molar refractivity (Wildman–Crippen MR) is 64.6 cm³/mol. The Kier molecular flexibility index (Phi) is 5.40. The van der Waals surface area contributed by atoms with E-state index in [9.17, 15) is 9.90 Å². The van der Waals surface area contributed by atoms with E-state index in [-0.39, 0.29) is 12.1 Å². The summed E-state index contributed by atoms with van der Waals surface area (Å²) in [4.78, 5) is 11.6. The molecule has 1 N–H and O–H groups in total. The van der Waals surface area contributed by atoms with Gasteiger partial charge in [0, 0.05) is 0 Å². The fourth-order valence-electron chi connectivity index (χ4n) is 2.10. The summed E-state index contributed by atoms with van der Waals surface area (Å²) in [7, 11) is 0. The van der Waals surface area contributed by atoms with Crippen LogP contribution in [-0.4, -0.2) is 36.0 Å². The van der Waals surface area contributed by atoms with Crippen LogP contribution in [0.15, 0.2) is 0 Å². The molecule has 4 heteroatoms. The first-order chi connectivity index (χ1) is 7.95. The minimum atomic E-state index is -0.890. The highest BCUT2D eigenvalue weighted by atomic mass is 16.6. The summed E-state index contributed by atoms with van der Waals surface area (Å²) >= 11 is 0. The van der Waals surface area contributed by atoms with Gasteiger partial charge in [-0.2, -0.15) is 0 Å². The number of carbonyl (C=O) groups excluding carboxylic acids is 1. The van der Waals surface area contributed by atoms with Crippen molar-refractivity contribution in [1.29, 1.82) is 0 Å². The third-order valence-corrected chi connectivity index (χ3v) is 3.20. The standard InChI is InChI=1S/C13H24O4/c1-4-16-12(15)13(2,3)17-9-10-6-5-7-11(14)8-10/h10-11,14H,4-9H2,1-3H3/t10-,11+/m1/s1. The van der Waals surface area contributed by atoms with Crippen LogP contribution in [0.3, 0.4) is 0 Å². The molecule has 0 heterocycles. The number of aliphatic hydroxyl groups is 1. The van der Waals surface area contributed by atoms with E-state index in [2.05, 4.69) is 0 Å². The van der Waals surface area contributed by atoms with Crippen molar-refractivity contribution in [2.45, 2.75) is 58.2 Å². The molecule has 0 bridgehead atoms. The van der Waals surface area contributed by atoms with Crippen molar-refractivity contribution in [3.8, 4) is 0 Å². The highest BCUT2D eigenvalue weighted by Gasteiger charge is 2.32. The minimum Gasteiger partial charge on any atom is -0.464 e. The molecule has 100 valence electrons. The first-order valence-electron chi connectivity index (χ1n) is 6.45. The molecule has 0 aromatic carbocycles. The number of ether oxygens (including phenoxy) is 2. The van der Waals surface area contributed by atoms with Crippen LogP contribution in [-0.2, 0) is 14.3 Å². The van der Waals surface area contributed by atoms with Crippen LogP contribution in [0, 0.1) is 5.92 Å². The highest BCUT2D eigenvalue weighted by molar-refractivity contribution is 5.78. The van der Waals surface area contributed by atoms with Gasteiger partial charge in [-0.15, -0.1) is 0 Å².